The molecule has 0 saturated carbocycles. The monoisotopic (exact) mass is 266 g/mol. The smallest absolute Gasteiger partial charge is 0.0435 e. The molecule has 0 bridgehead atoms. The summed E-state index contributed by atoms with van der Waals surface area (Å²) in [5.74, 6) is 0. The van der Waals surface area contributed by atoms with Crippen molar-refractivity contribution < 1.29 is 10.6 Å². The predicted molar refractivity (Wildman–Crippen MR) is 80.3 cm³/mol. The van der Waals surface area contributed by atoms with Crippen LogP contribution in [0, 0.1) is 13.8 Å². The molecule has 0 heterocycles. The predicted octanol–water partition coefficient (Wildman–Crippen LogP) is 4.69. The van der Waals surface area contributed by atoms with Crippen molar-refractivity contribution in [2.75, 3.05) is 7.11 Å². The molecule has 3 heteroatoms. The SMILES string of the molecule is C.C.C.CC.C[O-].Cc1ccc(Cl)c(C)c1.[OH-]. The van der Waals surface area contributed by atoms with Gasteiger partial charge in [0.2, 0.25) is 0 Å². The molecule has 1 aromatic carbocycles. The Labute approximate surface area is 114 Å². The van der Waals surface area contributed by atoms with E-state index in [9.17, 15) is 0 Å². The third kappa shape index (κ3) is 18.0. The molecular weight excluding hydrogens is 236 g/mol. The third-order valence-corrected chi connectivity index (χ3v) is 1.74. The van der Waals surface area contributed by atoms with Crippen molar-refractivity contribution in [3.8, 4) is 0 Å². The third-order valence-electron chi connectivity index (χ3n) is 1.31. The largest absolute Gasteiger partial charge is 0.870 e. The Hall–Kier alpha value is -0.570. The Kier molecular flexibility index (Phi) is 52.0. The first-order valence-corrected chi connectivity index (χ1v) is 4.71. The average molecular weight is 267 g/mol. The Bertz CT molecular complexity index is 225. The zero-order valence-electron chi connectivity index (χ0n) is 9.47. The van der Waals surface area contributed by atoms with Gasteiger partial charge < -0.3 is 10.6 Å². The van der Waals surface area contributed by atoms with E-state index < -0.39 is 0 Å². The minimum atomic E-state index is 0. The van der Waals surface area contributed by atoms with Gasteiger partial charge in [0, 0.05) is 5.02 Å². The lowest BCUT2D eigenvalue weighted by molar-refractivity contribution is -0.325. The molecule has 0 saturated heterocycles. The normalized spacial score (nSPS) is 5.82. The highest BCUT2D eigenvalue weighted by molar-refractivity contribution is 6.31. The summed E-state index contributed by atoms with van der Waals surface area (Å²) < 4.78 is 0. The summed E-state index contributed by atoms with van der Waals surface area (Å²) in [6.07, 6.45) is 0. The van der Waals surface area contributed by atoms with Crippen molar-refractivity contribution in [1.82, 2.24) is 0 Å². The van der Waals surface area contributed by atoms with Crippen LogP contribution in [0.25, 0.3) is 0 Å². The topological polar surface area (TPSA) is 53.1 Å². The molecule has 0 atom stereocenters. The number of benzene rings is 1. The quantitative estimate of drug-likeness (QED) is 0.684. The fourth-order valence-corrected chi connectivity index (χ4v) is 0.912. The molecule has 108 valence electrons. The Balaban J connectivity index is -0.0000000346. The van der Waals surface area contributed by atoms with Crippen LogP contribution in [-0.4, -0.2) is 12.6 Å². The van der Waals surface area contributed by atoms with Crippen molar-refractivity contribution in [3.63, 3.8) is 0 Å². The molecule has 1 rings (SSSR count). The Morgan fingerprint density at radius 1 is 0.941 bits per heavy atom. The molecule has 0 radical (unpaired) electrons. The van der Waals surface area contributed by atoms with E-state index in [1.54, 1.807) is 0 Å². The van der Waals surface area contributed by atoms with Gasteiger partial charge in [0.1, 0.15) is 0 Å². The molecule has 0 unspecified atom stereocenters. The van der Waals surface area contributed by atoms with Crippen molar-refractivity contribution in [3.05, 3.63) is 34.3 Å². The lowest BCUT2D eigenvalue weighted by atomic mass is 10.2. The maximum atomic E-state index is 8.25. The molecule has 0 fully saturated rings. The molecule has 0 aliphatic carbocycles. The molecule has 0 aliphatic rings. The number of hydrogen-bond donors (Lipinski definition) is 0. The van der Waals surface area contributed by atoms with E-state index >= 15 is 0 Å². The Morgan fingerprint density at radius 2 is 1.29 bits per heavy atom. The van der Waals surface area contributed by atoms with Crippen LogP contribution in [0.5, 0.6) is 0 Å². The first-order chi connectivity index (χ1) is 6.20. The van der Waals surface area contributed by atoms with E-state index in [1.807, 2.05) is 32.9 Å². The molecule has 17 heavy (non-hydrogen) atoms. The molecule has 0 aliphatic heterocycles. The first-order valence-electron chi connectivity index (χ1n) is 4.34. The summed E-state index contributed by atoms with van der Waals surface area (Å²) in [6, 6.07) is 6.00. The van der Waals surface area contributed by atoms with Gasteiger partial charge in [-0.1, -0.05) is 65.4 Å². The minimum absolute atomic E-state index is 0. The first kappa shape index (κ1) is 36.0. The van der Waals surface area contributed by atoms with Crippen LogP contribution >= 0.6 is 11.6 Å². The highest BCUT2D eigenvalue weighted by Gasteiger charge is 1.91. The second kappa shape index (κ2) is 24.6. The summed E-state index contributed by atoms with van der Waals surface area (Å²) in [4.78, 5) is 0. The van der Waals surface area contributed by atoms with Crippen LogP contribution in [0.15, 0.2) is 18.2 Å². The van der Waals surface area contributed by atoms with Crippen LogP contribution in [0.1, 0.15) is 47.3 Å². The van der Waals surface area contributed by atoms with Gasteiger partial charge in [0.05, 0.1) is 0 Å². The molecule has 0 spiro atoms. The Morgan fingerprint density at radius 3 is 1.53 bits per heavy atom. The number of hydrogen-bond acceptors (Lipinski definition) is 2. The fraction of sp³-hybridized carbons (Fsp3) is 0.571. The molecule has 1 aromatic rings. The summed E-state index contributed by atoms with van der Waals surface area (Å²) >= 11 is 5.78. The van der Waals surface area contributed by atoms with Gasteiger partial charge in [0.15, 0.2) is 0 Å². The van der Waals surface area contributed by atoms with Gasteiger partial charge in [-0.3, -0.25) is 0 Å². The second-order valence-corrected chi connectivity index (χ2v) is 2.66. The highest BCUT2D eigenvalue weighted by Crippen LogP contribution is 2.14. The minimum Gasteiger partial charge on any atom is -0.870 e. The summed E-state index contributed by atoms with van der Waals surface area (Å²) in [5, 5.41) is 9.10. The number of halogens is 1. The molecule has 0 aromatic heterocycles. The van der Waals surface area contributed by atoms with Gasteiger partial charge in [-0.25, -0.2) is 0 Å². The van der Waals surface area contributed by atoms with E-state index in [2.05, 4.69) is 13.0 Å². The van der Waals surface area contributed by atoms with E-state index in [4.69, 9.17) is 16.7 Å². The van der Waals surface area contributed by atoms with E-state index in [0.717, 1.165) is 17.7 Å². The van der Waals surface area contributed by atoms with E-state index in [1.165, 1.54) is 5.56 Å². The van der Waals surface area contributed by atoms with Crippen LogP contribution in [0.4, 0.5) is 0 Å². The molecule has 1 N–H and O–H groups in total. The zero-order valence-corrected chi connectivity index (χ0v) is 10.2. The summed E-state index contributed by atoms with van der Waals surface area (Å²) in [6.45, 7) is 8.07. The lowest BCUT2D eigenvalue weighted by Gasteiger charge is -1.96. The average Bonchev–Trinajstić information content (AvgIpc) is 2.18. The van der Waals surface area contributed by atoms with Gasteiger partial charge in [0.25, 0.3) is 0 Å². The molecular formula is C14H31ClO2-2. The zero-order chi connectivity index (χ0) is 10.9. The van der Waals surface area contributed by atoms with E-state index in [-0.39, 0.29) is 27.8 Å². The number of rotatable bonds is 0. The van der Waals surface area contributed by atoms with Crippen molar-refractivity contribution >= 4 is 11.6 Å². The van der Waals surface area contributed by atoms with Crippen molar-refractivity contribution in [2.45, 2.75) is 50.0 Å². The maximum absolute atomic E-state index is 8.25. The summed E-state index contributed by atoms with van der Waals surface area (Å²) in [5.41, 5.74) is 2.41. The lowest BCUT2D eigenvalue weighted by Crippen LogP contribution is -1.81. The van der Waals surface area contributed by atoms with Gasteiger partial charge in [-0.05, 0) is 25.5 Å². The van der Waals surface area contributed by atoms with Gasteiger partial charge in [-0.2, -0.15) is 7.11 Å². The van der Waals surface area contributed by atoms with Crippen LogP contribution in [-0.2, 0) is 0 Å². The standard InChI is InChI=1S/C8H9Cl.C2H6.CH3O.3CH4.H2O/c1-6-3-4-8(9)7(2)5-6;2*1-2;;;;/h3-5H,1-2H3;1-2H3;1H3;3*1H4;1H2/q;;-1;;;;/p-1. The summed E-state index contributed by atoms with van der Waals surface area (Å²) in [7, 11) is 0.750. The highest BCUT2D eigenvalue weighted by atomic mass is 35.5. The van der Waals surface area contributed by atoms with Crippen LogP contribution < -0.4 is 5.11 Å². The fourth-order valence-electron chi connectivity index (χ4n) is 0.795. The van der Waals surface area contributed by atoms with Gasteiger partial charge >= 0.3 is 0 Å². The van der Waals surface area contributed by atoms with Crippen LogP contribution in [0.2, 0.25) is 5.02 Å². The van der Waals surface area contributed by atoms with E-state index in [0.29, 0.717) is 0 Å². The van der Waals surface area contributed by atoms with Gasteiger partial charge in [-0.15, -0.1) is 0 Å². The van der Waals surface area contributed by atoms with Crippen LogP contribution in [0.3, 0.4) is 0 Å². The number of aryl methyl sites for hydroxylation is 2. The molecule has 0 amide bonds. The maximum Gasteiger partial charge on any atom is 0.0435 e. The van der Waals surface area contributed by atoms with Crippen molar-refractivity contribution in [2.24, 2.45) is 0 Å². The van der Waals surface area contributed by atoms with Crippen molar-refractivity contribution in [1.29, 1.82) is 0 Å². The second-order valence-electron chi connectivity index (χ2n) is 2.25. The molecule has 2 nitrogen and oxygen atoms in total.